The monoisotopic (exact) mass is 513 g/mol. The summed E-state index contributed by atoms with van der Waals surface area (Å²) in [6.45, 7) is 0. The molecule has 3 aromatic carbocycles. The fourth-order valence-electron chi connectivity index (χ4n) is 4.48. The van der Waals surface area contributed by atoms with Gasteiger partial charge in [-0.2, -0.15) is 0 Å². The molecule has 0 spiro atoms. The third-order valence-corrected chi connectivity index (χ3v) is 6.88. The molecule has 1 fully saturated rings. The van der Waals surface area contributed by atoms with E-state index >= 15 is 0 Å². The van der Waals surface area contributed by atoms with Crippen LogP contribution in [0.15, 0.2) is 54.6 Å². The quantitative estimate of drug-likeness (QED) is 0.299. The van der Waals surface area contributed by atoms with Crippen LogP contribution in [-0.2, 0) is 4.79 Å². The van der Waals surface area contributed by atoms with E-state index in [0.717, 1.165) is 42.9 Å². The first-order chi connectivity index (χ1) is 16.8. The molecule has 0 unspecified atom stereocenters. The molecule has 182 valence electrons. The second kappa shape index (κ2) is 11.0. The number of anilines is 2. The van der Waals surface area contributed by atoms with Crippen LogP contribution in [0.2, 0.25) is 10.0 Å². The predicted molar refractivity (Wildman–Crippen MR) is 139 cm³/mol. The van der Waals surface area contributed by atoms with Crippen LogP contribution in [0.3, 0.4) is 0 Å². The van der Waals surface area contributed by atoms with Gasteiger partial charge in [-0.15, -0.1) is 0 Å². The third kappa shape index (κ3) is 5.86. The highest BCUT2D eigenvalue weighted by molar-refractivity contribution is 6.39. The maximum absolute atomic E-state index is 13.3. The Kier molecular flexibility index (Phi) is 7.78. The number of rotatable bonds is 6. The van der Waals surface area contributed by atoms with Crippen LogP contribution in [-0.4, -0.2) is 29.1 Å². The molecule has 4 rings (SSSR count). The summed E-state index contributed by atoms with van der Waals surface area (Å²) in [5.74, 6) is -1.76. The number of halogens is 2. The van der Waals surface area contributed by atoms with Gasteiger partial charge in [0.05, 0.1) is 27.0 Å². The van der Waals surface area contributed by atoms with E-state index in [9.17, 15) is 19.5 Å². The van der Waals surface area contributed by atoms with Crippen LogP contribution < -0.4 is 16.0 Å². The highest BCUT2D eigenvalue weighted by Gasteiger charge is 2.31. The normalized spacial score (nSPS) is 14.8. The summed E-state index contributed by atoms with van der Waals surface area (Å²) in [7, 11) is 0. The van der Waals surface area contributed by atoms with Gasteiger partial charge in [0.1, 0.15) is 6.04 Å². The average molecular weight is 514 g/mol. The van der Waals surface area contributed by atoms with Crippen LogP contribution in [0.4, 0.5) is 16.2 Å². The molecule has 0 saturated heterocycles. The summed E-state index contributed by atoms with van der Waals surface area (Å²) in [5, 5.41) is 19.9. The fourth-order valence-corrected chi connectivity index (χ4v) is 4.98. The zero-order valence-corrected chi connectivity index (χ0v) is 20.3. The highest BCUT2D eigenvalue weighted by atomic mass is 35.5. The average Bonchev–Trinajstić information content (AvgIpc) is 2.84. The number of fused-ring (bicyclic) bond motifs is 1. The standard InChI is InChI=1S/C26H25Cl2N3O4/c27-19-11-6-12-20(28)23(19)31-26(35)29-21-14-17-10-5-4-9-16(17)13-18(21)24(32)30-22(25(33)34)15-7-2-1-3-8-15/h4-6,9-15,22H,1-3,7-8H2,(H,30,32)(H,33,34)(H2,29,31,35)/t22-/m0/s1. The van der Waals surface area contributed by atoms with Gasteiger partial charge in [0.2, 0.25) is 0 Å². The van der Waals surface area contributed by atoms with Crippen molar-refractivity contribution in [1.82, 2.24) is 5.32 Å². The lowest BCUT2D eigenvalue weighted by molar-refractivity contribution is -0.141. The SMILES string of the molecule is O=C(Nc1cc2ccccc2cc1C(=O)N[C@H](C(=O)O)C1CCCCC1)Nc1c(Cl)cccc1Cl. The zero-order chi connectivity index (χ0) is 24.9. The van der Waals surface area contributed by atoms with Gasteiger partial charge in [0.25, 0.3) is 5.91 Å². The van der Waals surface area contributed by atoms with E-state index in [0.29, 0.717) is 0 Å². The molecule has 0 radical (unpaired) electrons. The van der Waals surface area contributed by atoms with Gasteiger partial charge < -0.3 is 21.1 Å². The van der Waals surface area contributed by atoms with Gasteiger partial charge in [-0.3, -0.25) is 4.79 Å². The fraction of sp³-hybridized carbons (Fsp3) is 0.269. The molecule has 1 aliphatic carbocycles. The van der Waals surface area contributed by atoms with Gasteiger partial charge in [0.15, 0.2) is 0 Å². The number of nitrogens with one attached hydrogen (secondary N) is 3. The second-order valence-electron chi connectivity index (χ2n) is 8.61. The number of hydrogen-bond acceptors (Lipinski definition) is 3. The predicted octanol–water partition coefficient (Wildman–Crippen LogP) is 6.55. The Bertz CT molecular complexity index is 1250. The van der Waals surface area contributed by atoms with Crippen LogP contribution in [0.1, 0.15) is 42.5 Å². The molecule has 0 heterocycles. The Morgan fingerprint density at radius 3 is 2.11 bits per heavy atom. The molecule has 1 saturated carbocycles. The lowest BCUT2D eigenvalue weighted by Crippen LogP contribution is -2.46. The molecule has 35 heavy (non-hydrogen) atoms. The van der Waals surface area contributed by atoms with Gasteiger partial charge in [0, 0.05) is 0 Å². The van der Waals surface area contributed by atoms with E-state index in [4.69, 9.17) is 23.2 Å². The largest absolute Gasteiger partial charge is 0.480 e. The maximum Gasteiger partial charge on any atom is 0.326 e. The number of amides is 3. The van der Waals surface area contributed by atoms with E-state index in [2.05, 4.69) is 16.0 Å². The summed E-state index contributed by atoms with van der Waals surface area (Å²) >= 11 is 12.3. The molecule has 3 aromatic rings. The van der Waals surface area contributed by atoms with Crippen molar-refractivity contribution >= 4 is 63.3 Å². The third-order valence-electron chi connectivity index (χ3n) is 6.25. The van der Waals surface area contributed by atoms with Gasteiger partial charge in [-0.1, -0.05) is 72.8 Å². The Morgan fingerprint density at radius 2 is 1.49 bits per heavy atom. The van der Waals surface area contributed by atoms with Gasteiger partial charge in [-0.05, 0) is 53.8 Å². The van der Waals surface area contributed by atoms with Gasteiger partial charge >= 0.3 is 12.0 Å². The molecular formula is C26H25Cl2N3O4. The molecular weight excluding hydrogens is 489 g/mol. The lowest BCUT2D eigenvalue weighted by Gasteiger charge is -2.28. The first kappa shape index (κ1) is 24.8. The number of benzene rings is 3. The number of carboxylic acid groups (broad SMARTS) is 1. The summed E-state index contributed by atoms with van der Waals surface area (Å²) in [4.78, 5) is 38.1. The van der Waals surface area contributed by atoms with Crippen molar-refractivity contribution in [2.45, 2.75) is 38.1 Å². The number of carbonyl (C=O) groups excluding carboxylic acids is 2. The number of para-hydroxylation sites is 1. The van der Waals surface area contributed by atoms with Crippen LogP contribution in [0.5, 0.6) is 0 Å². The van der Waals surface area contributed by atoms with Crippen molar-refractivity contribution in [3.05, 3.63) is 70.2 Å². The summed E-state index contributed by atoms with van der Waals surface area (Å²) in [6.07, 6.45) is 4.46. The minimum Gasteiger partial charge on any atom is -0.480 e. The number of carboxylic acids is 1. The Morgan fingerprint density at radius 1 is 0.857 bits per heavy atom. The van der Waals surface area contributed by atoms with Crippen molar-refractivity contribution in [2.75, 3.05) is 10.6 Å². The number of hydrogen-bond donors (Lipinski definition) is 4. The van der Waals surface area contributed by atoms with Crippen molar-refractivity contribution in [3.8, 4) is 0 Å². The van der Waals surface area contributed by atoms with E-state index in [-0.39, 0.29) is 32.9 Å². The number of carbonyl (C=O) groups is 3. The van der Waals surface area contributed by atoms with E-state index in [1.807, 2.05) is 24.3 Å². The minimum absolute atomic E-state index is 0.132. The van der Waals surface area contributed by atoms with Crippen molar-refractivity contribution in [1.29, 1.82) is 0 Å². The van der Waals surface area contributed by atoms with Crippen molar-refractivity contribution in [2.24, 2.45) is 5.92 Å². The van der Waals surface area contributed by atoms with E-state index < -0.39 is 23.9 Å². The first-order valence-corrected chi connectivity index (χ1v) is 12.2. The molecule has 0 aromatic heterocycles. The summed E-state index contributed by atoms with van der Waals surface area (Å²) in [6, 6.07) is 13.9. The van der Waals surface area contributed by atoms with Crippen LogP contribution in [0.25, 0.3) is 10.8 Å². The minimum atomic E-state index is -1.06. The summed E-state index contributed by atoms with van der Waals surface area (Å²) < 4.78 is 0. The van der Waals surface area contributed by atoms with E-state index in [1.165, 1.54) is 0 Å². The summed E-state index contributed by atoms with van der Waals surface area (Å²) in [5.41, 5.74) is 0.629. The molecule has 1 atom stereocenters. The smallest absolute Gasteiger partial charge is 0.326 e. The lowest BCUT2D eigenvalue weighted by atomic mass is 9.83. The highest BCUT2D eigenvalue weighted by Crippen LogP contribution is 2.31. The Labute approximate surface area is 212 Å². The molecule has 3 amide bonds. The van der Waals surface area contributed by atoms with Crippen molar-refractivity contribution in [3.63, 3.8) is 0 Å². The Balaban J connectivity index is 1.63. The maximum atomic E-state index is 13.3. The van der Waals surface area contributed by atoms with E-state index in [1.54, 1.807) is 30.3 Å². The number of urea groups is 1. The molecule has 7 nitrogen and oxygen atoms in total. The van der Waals surface area contributed by atoms with Crippen LogP contribution >= 0.6 is 23.2 Å². The zero-order valence-electron chi connectivity index (χ0n) is 18.8. The molecule has 0 bridgehead atoms. The Hall–Kier alpha value is -3.29. The molecule has 4 N–H and O–H groups in total. The molecule has 9 heteroatoms. The van der Waals surface area contributed by atoms with Gasteiger partial charge in [-0.25, -0.2) is 9.59 Å². The van der Waals surface area contributed by atoms with Crippen molar-refractivity contribution < 1.29 is 19.5 Å². The van der Waals surface area contributed by atoms with Crippen LogP contribution in [0, 0.1) is 5.92 Å². The molecule has 0 aliphatic heterocycles. The second-order valence-corrected chi connectivity index (χ2v) is 9.42. The molecule has 1 aliphatic rings. The number of aliphatic carboxylic acids is 1. The topological polar surface area (TPSA) is 108 Å². The first-order valence-electron chi connectivity index (χ1n) is 11.4.